The molecule has 0 saturated carbocycles. The predicted molar refractivity (Wildman–Crippen MR) is 249 cm³/mol. The van der Waals surface area contributed by atoms with E-state index in [-0.39, 0.29) is 18.9 Å². The number of aliphatic hydroxyl groups excluding tert-OH is 8. The summed E-state index contributed by atoms with van der Waals surface area (Å²) < 4.78 is 22.6. The molecule has 0 aliphatic carbocycles. The van der Waals surface area contributed by atoms with E-state index in [0.29, 0.717) is 12.8 Å². The highest BCUT2D eigenvalue weighted by molar-refractivity contribution is 5.76. The summed E-state index contributed by atoms with van der Waals surface area (Å²) >= 11 is 0. The second-order valence-corrected chi connectivity index (χ2v) is 17.6. The second-order valence-electron chi connectivity index (χ2n) is 17.6. The Labute approximate surface area is 384 Å². The van der Waals surface area contributed by atoms with Crippen molar-refractivity contribution in [2.75, 3.05) is 19.8 Å². The van der Waals surface area contributed by atoms with E-state index >= 15 is 0 Å². The Hall–Kier alpha value is -2.05. The minimum atomic E-state index is -1.79. The molecule has 12 atom stereocenters. The molecule has 0 aromatic carbocycles. The van der Waals surface area contributed by atoms with Crippen LogP contribution >= 0.6 is 0 Å². The third-order valence-corrected chi connectivity index (χ3v) is 12.0. The van der Waals surface area contributed by atoms with Gasteiger partial charge in [0.25, 0.3) is 0 Å². The van der Waals surface area contributed by atoms with Gasteiger partial charge in [-0.15, -0.1) is 0 Å². The minimum absolute atomic E-state index is 0.258. The molecule has 14 heteroatoms. The van der Waals surface area contributed by atoms with Crippen molar-refractivity contribution < 1.29 is 64.6 Å². The number of hydrogen-bond donors (Lipinski definition) is 9. The van der Waals surface area contributed by atoms with Gasteiger partial charge in [-0.2, -0.15) is 0 Å². The van der Waals surface area contributed by atoms with Crippen LogP contribution in [0.15, 0.2) is 48.6 Å². The maximum absolute atomic E-state index is 13.1. The van der Waals surface area contributed by atoms with Crippen LogP contribution in [0, 0.1) is 0 Å². The highest BCUT2D eigenvalue weighted by atomic mass is 16.7. The summed E-state index contributed by atoms with van der Waals surface area (Å²) in [7, 11) is 0. The molecule has 0 spiro atoms. The summed E-state index contributed by atoms with van der Waals surface area (Å²) in [6.45, 7) is 2.69. The van der Waals surface area contributed by atoms with Crippen LogP contribution in [0.3, 0.4) is 0 Å². The van der Waals surface area contributed by atoms with Crippen LogP contribution in [-0.2, 0) is 23.7 Å². The number of ether oxygens (including phenoxy) is 4. The molecule has 2 rings (SSSR count). The zero-order chi connectivity index (χ0) is 46.8. The van der Waals surface area contributed by atoms with Crippen LogP contribution in [0.1, 0.15) is 168 Å². The summed E-state index contributed by atoms with van der Waals surface area (Å²) in [6, 6.07) is -0.940. The molecule has 12 unspecified atom stereocenters. The lowest BCUT2D eigenvalue weighted by atomic mass is 9.97. The highest BCUT2D eigenvalue weighted by Gasteiger charge is 2.51. The van der Waals surface area contributed by atoms with Gasteiger partial charge in [0.05, 0.1) is 32.0 Å². The summed E-state index contributed by atoms with van der Waals surface area (Å²) in [5.41, 5.74) is 0. The van der Waals surface area contributed by atoms with Gasteiger partial charge < -0.3 is 65.1 Å². The molecular weight excluding hydrogens is 823 g/mol. The van der Waals surface area contributed by atoms with E-state index in [9.17, 15) is 45.6 Å². The lowest BCUT2D eigenvalue weighted by Gasteiger charge is -2.46. The van der Waals surface area contributed by atoms with Crippen molar-refractivity contribution in [2.45, 2.75) is 242 Å². The van der Waals surface area contributed by atoms with Gasteiger partial charge in [-0.3, -0.25) is 4.79 Å². The standard InChI is InChI=1S/C50H89NO13/c1-3-5-7-9-11-13-15-16-17-18-19-20-21-22-24-25-27-29-31-33-39(54)38(51-42(55)34-32-30-28-26-23-14-12-10-8-6-4-2)37-61-49-47(60)45(58)48(41(36-53)63-49)64-50-46(59)44(57)43(56)40(35-52)62-50/h10,12,19-20,24-25,31,33,38-41,43-50,52-54,56-60H,3-9,11,13-18,21-23,26-30,32,34-37H2,1-2H3,(H,51,55)/b12-10-,20-19+,25-24+,33-31+. The largest absolute Gasteiger partial charge is 0.394 e. The van der Waals surface area contributed by atoms with Crippen LogP contribution in [0.25, 0.3) is 0 Å². The Morgan fingerprint density at radius 3 is 1.58 bits per heavy atom. The van der Waals surface area contributed by atoms with Gasteiger partial charge in [0.1, 0.15) is 48.8 Å². The van der Waals surface area contributed by atoms with Gasteiger partial charge in [-0.25, -0.2) is 0 Å². The number of unbranched alkanes of at least 4 members (excludes halogenated alkanes) is 18. The Morgan fingerprint density at radius 2 is 1.02 bits per heavy atom. The van der Waals surface area contributed by atoms with Gasteiger partial charge in [-0.1, -0.05) is 146 Å². The van der Waals surface area contributed by atoms with Crippen LogP contribution in [0.4, 0.5) is 0 Å². The first-order chi connectivity index (χ1) is 31.1. The van der Waals surface area contributed by atoms with E-state index in [1.807, 2.05) is 6.08 Å². The van der Waals surface area contributed by atoms with Crippen molar-refractivity contribution in [3.63, 3.8) is 0 Å². The summed E-state index contributed by atoms with van der Waals surface area (Å²) in [5, 5.41) is 86.6. The maximum Gasteiger partial charge on any atom is 0.220 e. The quantitative estimate of drug-likeness (QED) is 0.0254. The minimum Gasteiger partial charge on any atom is -0.394 e. The zero-order valence-electron chi connectivity index (χ0n) is 39.3. The number of nitrogens with one attached hydrogen (secondary N) is 1. The average Bonchev–Trinajstić information content (AvgIpc) is 3.29. The second kappa shape index (κ2) is 37.0. The van der Waals surface area contributed by atoms with E-state index in [1.54, 1.807) is 6.08 Å². The van der Waals surface area contributed by atoms with Crippen LogP contribution in [0.2, 0.25) is 0 Å². The summed E-state index contributed by atoms with van der Waals surface area (Å²) in [5.74, 6) is -0.267. The highest BCUT2D eigenvalue weighted by Crippen LogP contribution is 2.30. The van der Waals surface area contributed by atoms with Crippen molar-refractivity contribution in [1.29, 1.82) is 0 Å². The first kappa shape index (κ1) is 58.1. The van der Waals surface area contributed by atoms with Gasteiger partial charge in [0, 0.05) is 6.42 Å². The third-order valence-electron chi connectivity index (χ3n) is 12.0. The van der Waals surface area contributed by atoms with Crippen molar-refractivity contribution in [2.24, 2.45) is 0 Å². The number of hydrogen-bond acceptors (Lipinski definition) is 13. The molecule has 0 bridgehead atoms. The molecule has 1 amide bonds. The topological polar surface area (TPSA) is 228 Å². The molecule has 2 saturated heterocycles. The van der Waals surface area contributed by atoms with E-state index in [4.69, 9.17) is 18.9 Å². The molecule has 9 N–H and O–H groups in total. The number of amides is 1. The van der Waals surface area contributed by atoms with Crippen LogP contribution in [0.5, 0.6) is 0 Å². The first-order valence-corrected chi connectivity index (χ1v) is 24.9. The molecule has 0 radical (unpaired) electrons. The molecule has 2 fully saturated rings. The molecule has 14 nitrogen and oxygen atoms in total. The monoisotopic (exact) mass is 912 g/mol. The number of carbonyl (C=O) groups is 1. The third kappa shape index (κ3) is 24.1. The smallest absolute Gasteiger partial charge is 0.220 e. The molecule has 372 valence electrons. The van der Waals surface area contributed by atoms with Gasteiger partial charge in [0.2, 0.25) is 5.91 Å². The normalized spacial score (nSPS) is 27.7. The molecular formula is C50H89NO13. The zero-order valence-corrected chi connectivity index (χ0v) is 39.3. The Bertz CT molecular complexity index is 1260. The lowest BCUT2D eigenvalue weighted by Crippen LogP contribution is -2.65. The number of allylic oxidation sites excluding steroid dienone is 7. The predicted octanol–water partition coefficient (Wildman–Crippen LogP) is 6.10. The molecule has 2 aliphatic heterocycles. The molecule has 2 aliphatic rings. The SMILES string of the molecule is CCCC/C=C\CCCCCCCC(=O)NC(COC1OC(CO)C(OC2OC(CO)C(O)C(O)C2O)C(O)C1O)C(O)/C=C/CC/C=C/CC/C=C/CCCCCCCCCCC. The van der Waals surface area contributed by atoms with Gasteiger partial charge >= 0.3 is 0 Å². The fraction of sp³-hybridized carbons (Fsp3) is 0.820. The number of rotatable bonds is 37. The van der Waals surface area contributed by atoms with Crippen LogP contribution < -0.4 is 5.32 Å². The summed E-state index contributed by atoms with van der Waals surface area (Å²) in [6.07, 6.45) is 25.9. The van der Waals surface area contributed by atoms with Gasteiger partial charge in [0.15, 0.2) is 12.6 Å². The van der Waals surface area contributed by atoms with E-state index in [1.165, 1.54) is 70.6 Å². The van der Waals surface area contributed by atoms with E-state index in [2.05, 4.69) is 55.6 Å². The Kier molecular flexibility index (Phi) is 33.6. The lowest BCUT2D eigenvalue weighted by molar-refractivity contribution is -0.359. The van der Waals surface area contributed by atoms with Crippen LogP contribution in [-0.4, -0.2) is 140 Å². The van der Waals surface area contributed by atoms with Crippen molar-refractivity contribution >= 4 is 5.91 Å². The van der Waals surface area contributed by atoms with Crippen molar-refractivity contribution in [1.82, 2.24) is 5.32 Å². The van der Waals surface area contributed by atoms with E-state index < -0.39 is 86.8 Å². The number of aliphatic hydroxyl groups is 8. The maximum atomic E-state index is 13.1. The van der Waals surface area contributed by atoms with E-state index in [0.717, 1.165) is 64.2 Å². The summed E-state index contributed by atoms with van der Waals surface area (Å²) in [4.78, 5) is 13.1. The van der Waals surface area contributed by atoms with Crippen molar-refractivity contribution in [3.8, 4) is 0 Å². The van der Waals surface area contributed by atoms with Crippen molar-refractivity contribution in [3.05, 3.63) is 48.6 Å². The Morgan fingerprint density at radius 1 is 0.547 bits per heavy atom. The molecule has 0 aromatic heterocycles. The average molecular weight is 912 g/mol. The molecule has 0 aromatic rings. The fourth-order valence-corrected chi connectivity index (χ4v) is 7.83. The van der Waals surface area contributed by atoms with Gasteiger partial charge in [-0.05, 0) is 64.2 Å². The fourth-order valence-electron chi connectivity index (χ4n) is 7.83. The first-order valence-electron chi connectivity index (χ1n) is 24.9. The Balaban J connectivity index is 1.88. The molecule has 64 heavy (non-hydrogen) atoms. The number of carbonyl (C=O) groups excluding carboxylic acids is 1. The molecule has 2 heterocycles.